The largest absolute Gasteiger partial charge is 0.480 e. The number of thioether (sulfide) groups is 1. The molecule has 0 radical (unpaired) electrons. The van der Waals surface area contributed by atoms with Crippen molar-refractivity contribution in [2.75, 3.05) is 0 Å². The molecule has 0 spiro atoms. The lowest BCUT2D eigenvalue weighted by Crippen LogP contribution is -2.22. The van der Waals surface area contributed by atoms with Crippen molar-refractivity contribution in [3.05, 3.63) is 29.3 Å². The lowest BCUT2D eigenvalue weighted by Gasteiger charge is -2.16. The van der Waals surface area contributed by atoms with Crippen molar-refractivity contribution in [2.24, 2.45) is 5.92 Å². The smallest absolute Gasteiger partial charge is 0.317 e. The number of rotatable bonds is 4. The fourth-order valence-corrected chi connectivity index (χ4v) is 2.40. The van der Waals surface area contributed by atoms with Crippen molar-refractivity contribution < 1.29 is 9.90 Å². The maximum Gasteiger partial charge on any atom is 0.317 e. The minimum absolute atomic E-state index is 0.0729. The van der Waals surface area contributed by atoms with Crippen LogP contribution in [0.25, 0.3) is 0 Å². The van der Waals surface area contributed by atoms with Gasteiger partial charge >= 0.3 is 5.97 Å². The van der Waals surface area contributed by atoms with E-state index in [4.69, 9.17) is 16.7 Å². The number of halogens is 1. The Morgan fingerprint density at radius 3 is 2.47 bits per heavy atom. The second-order valence-corrected chi connectivity index (χ2v) is 5.14. The summed E-state index contributed by atoms with van der Waals surface area (Å²) in [4.78, 5) is 11.8. The molecule has 0 aromatic heterocycles. The highest BCUT2D eigenvalue weighted by Gasteiger charge is 2.23. The summed E-state index contributed by atoms with van der Waals surface area (Å²) >= 11 is 7.26. The average molecular weight is 245 g/mol. The van der Waals surface area contributed by atoms with Crippen LogP contribution in [0.15, 0.2) is 29.2 Å². The Morgan fingerprint density at radius 2 is 2.00 bits per heavy atom. The van der Waals surface area contributed by atoms with E-state index in [-0.39, 0.29) is 5.92 Å². The van der Waals surface area contributed by atoms with E-state index in [9.17, 15) is 4.79 Å². The van der Waals surface area contributed by atoms with Gasteiger partial charge in [0.2, 0.25) is 0 Å². The number of hydrogen-bond acceptors (Lipinski definition) is 2. The number of carbonyl (C=O) groups is 1. The molecule has 2 nitrogen and oxygen atoms in total. The van der Waals surface area contributed by atoms with Crippen LogP contribution < -0.4 is 0 Å². The molecule has 0 aliphatic heterocycles. The normalized spacial score (nSPS) is 12.8. The Labute approximate surface area is 98.6 Å². The van der Waals surface area contributed by atoms with E-state index in [0.29, 0.717) is 5.02 Å². The molecule has 15 heavy (non-hydrogen) atoms. The van der Waals surface area contributed by atoms with Crippen molar-refractivity contribution in [2.45, 2.75) is 24.0 Å². The predicted molar refractivity (Wildman–Crippen MR) is 63.6 cm³/mol. The lowest BCUT2D eigenvalue weighted by molar-refractivity contribution is -0.137. The van der Waals surface area contributed by atoms with Crippen molar-refractivity contribution in [3.8, 4) is 0 Å². The Balaban J connectivity index is 2.84. The van der Waals surface area contributed by atoms with Gasteiger partial charge in [-0.05, 0) is 18.1 Å². The Bertz CT molecular complexity index is 352. The zero-order valence-electron chi connectivity index (χ0n) is 8.61. The van der Waals surface area contributed by atoms with E-state index >= 15 is 0 Å². The zero-order valence-corrected chi connectivity index (χ0v) is 10.2. The number of hydrogen-bond donors (Lipinski definition) is 1. The molecule has 0 amide bonds. The van der Waals surface area contributed by atoms with E-state index in [1.165, 1.54) is 11.8 Å². The van der Waals surface area contributed by atoms with Gasteiger partial charge in [-0.1, -0.05) is 37.6 Å². The van der Waals surface area contributed by atoms with Gasteiger partial charge in [-0.25, -0.2) is 0 Å². The van der Waals surface area contributed by atoms with Gasteiger partial charge in [0, 0.05) is 4.90 Å². The summed E-state index contributed by atoms with van der Waals surface area (Å²) in [5.74, 6) is -0.723. The molecule has 0 fully saturated rings. The van der Waals surface area contributed by atoms with Gasteiger partial charge in [-0.3, -0.25) is 4.79 Å². The van der Waals surface area contributed by atoms with Crippen LogP contribution in [0.1, 0.15) is 13.8 Å². The van der Waals surface area contributed by atoms with Crippen LogP contribution in [0, 0.1) is 5.92 Å². The third-order valence-corrected chi connectivity index (χ3v) is 3.99. The maximum atomic E-state index is 11.0. The van der Waals surface area contributed by atoms with Gasteiger partial charge in [0.15, 0.2) is 0 Å². The fourth-order valence-electron chi connectivity index (χ4n) is 1.15. The summed E-state index contributed by atoms with van der Waals surface area (Å²) in [6, 6.07) is 7.29. The van der Waals surface area contributed by atoms with Gasteiger partial charge in [-0.2, -0.15) is 0 Å². The third kappa shape index (κ3) is 3.43. The van der Waals surface area contributed by atoms with Gasteiger partial charge in [-0.15, -0.1) is 11.8 Å². The van der Waals surface area contributed by atoms with E-state index in [1.807, 2.05) is 32.0 Å². The highest BCUT2D eigenvalue weighted by molar-refractivity contribution is 8.00. The molecule has 1 aromatic rings. The Kier molecular flexibility index (Phi) is 4.48. The third-order valence-electron chi connectivity index (χ3n) is 1.94. The van der Waals surface area contributed by atoms with Crippen LogP contribution in [0.3, 0.4) is 0 Å². The Hall–Kier alpha value is -0.670. The first-order valence-electron chi connectivity index (χ1n) is 4.66. The summed E-state index contributed by atoms with van der Waals surface area (Å²) in [5.41, 5.74) is 0. The Morgan fingerprint density at radius 1 is 1.40 bits per heavy atom. The molecular formula is C11H13ClO2S. The van der Waals surface area contributed by atoms with Crippen LogP contribution in [0.4, 0.5) is 0 Å². The zero-order chi connectivity index (χ0) is 11.4. The molecule has 1 atom stereocenters. The van der Waals surface area contributed by atoms with Gasteiger partial charge in [0.25, 0.3) is 0 Å². The molecule has 0 saturated carbocycles. The van der Waals surface area contributed by atoms with E-state index in [2.05, 4.69) is 0 Å². The predicted octanol–water partition coefficient (Wildman–Crippen LogP) is 3.54. The van der Waals surface area contributed by atoms with E-state index < -0.39 is 11.2 Å². The van der Waals surface area contributed by atoms with Crippen LogP contribution in [0.2, 0.25) is 5.02 Å². The van der Waals surface area contributed by atoms with Crippen LogP contribution in [0.5, 0.6) is 0 Å². The quantitative estimate of drug-likeness (QED) is 0.824. The average Bonchev–Trinajstić information content (AvgIpc) is 2.15. The topological polar surface area (TPSA) is 37.3 Å². The number of carboxylic acids is 1. The molecule has 1 aromatic carbocycles. The molecule has 1 N–H and O–H groups in total. The first kappa shape index (κ1) is 12.4. The molecule has 1 unspecified atom stereocenters. The molecular weight excluding hydrogens is 232 g/mol. The first-order valence-corrected chi connectivity index (χ1v) is 5.92. The summed E-state index contributed by atoms with van der Waals surface area (Å²) in [5, 5.41) is 9.18. The number of benzene rings is 1. The minimum atomic E-state index is -0.796. The van der Waals surface area contributed by atoms with Crippen molar-refractivity contribution >= 4 is 29.3 Å². The molecule has 82 valence electrons. The minimum Gasteiger partial charge on any atom is -0.480 e. The number of aliphatic carboxylic acids is 1. The molecule has 4 heteroatoms. The second kappa shape index (κ2) is 5.42. The highest BCUT2D eigenvalue weighted by atomic mass is 35.5. The lowest BCUT2D eigenvalue weighted by atomic mass is 10.1. The van der Waals surface area contributed by atoms with Crippen molar-refractivity contribution in [3.63, 3.8) is 0 Å². The maximum absolute atomic E-state index is 11.0. The van der Waals surface area contributed by atoms with Gasteiger partial charge < -0.3 is 5.11 Å². The van der Waals surface area contributed by atoms with Crippen LogP contribution >= 0.6 is 23.4 Å². The first-order chi connectivity index (χ1) is 7.02. The monoisotopic (exact) mass is 244 g/mol. The fraction of sp³-hybridized carbons (Fsp3) is 0.364. The summed E-state index contributed by atoms with van der Waals surface area (Å²) in [7, 11) is 0. The summed E-state index contributed by atoms with van der Waals surface area (Å²) in [6.45, 7) is 3.78. The standard InChI is InChI=1S/C11H13ClO2S/c1-7(2)10(11(13)14)15-9-6-4-3-5-8(9)12/h3-7,10H,1-2H3,(H,13,14). The number of carboxylic acid groups (broad SMARTS) is 1. The van der Waals surface area contributed by atoms with Gasteiger partial charge in [0.1, 0.15) is 5.25 Å². The molecule has 0 aliphatic carbocycles. The second-order valence-electron chi connectivity index (χ2n) is 3.55. The molecule has 0 bridgehead atoms. The van der Waals surface area contributed by atoms with Gasteiger partial charge in [0.05, 0.1) is 5.02 Å². The van der Waals surface area contributed by atoms with E-state index in [1.54, 1.807) is 6.07 Å². The summed E-state index contributed by atoms with van der Waals surface area (Å²) in [6.07, 6.45) is 0. The summed E-state index contributed by atoms with van der Waals surface area (Å²) < 4.78 is 0. The SMILES string of the molecule is CC(C)C(Sc1ccccc1Cl)C(=O)O. The van der Waals surface area contributed by atoms with Crippen molar-refractivity contribution in [1.82, 2.24) is 0 Å². The highest BCUT2D eigenvalue weighted by Crippen LogP contribution is 2.33. The molecule has 1 rings (SSSR count). The molecule has 0 aliphatic rings. The van der Waals surface area contributed by atoms with Crippen LogP contribution in [-0.4, -0.2) is 16.3 Å². The van der Waals surface area contributed by atoms with Crippen LogP contribution in [-0.2, 0) is 4.79 Å². The molecule has 0 heterocycles. The molecule has 0 saturated heterocycles. The van der Waals surface area contributed by atoms with E-state index in [0.717, 1.165) is 4.90 Å². The van der Waals surface area contributed by atoms with Crippen molar-refractivity contribution in [1.29, 1.82) is 0 Å².